The number of halogens is 3. The molecular formula is C17H8Cl3N3O2. The molecule has 1 aliphatic rings. The van der Waals surface area contributed by atoms with Crippen molar-refractivity contribution < 1.29 is 9.59 Å². The number of fused-ring (bicyclic) bond motifs is 1. The second kappa shape index (κ2) is 6.77. The Morgan fingerprint density at radius 3 is 2.48 bits per heavy atom. The zero-order chi connectivity index (χ0) is 18.1. The number of nitrogens with zero attached hydrogens (tertiary/aromatic N) is 1. The number of nitrogens with one attached hydrogen (secondary N) is 2. The lowest BCUT2D eigenvalue weighted by Crippen LogP contribution is -2.35. The minimum Gasteiger partial charge on any atom is -0.340 e. The van der Waals surface area contributed by atoms with Crippen LogP contribution in [-0.2, 0) is 0 Å². The van der Waals surface area contributed by atoms with E-state index in [0.29, 0.717) is 10.7 Å². The molecule has 25 heavy (non-hydrogen) atoms. The van der Waals surface area contributed by atoms with Gasteiger partial charge in [-0.05, 0) is 30.3 Å². The van der Waals surface area contributed by atoms with Gasteiger partial charge in [0, 0.05) is 10.6 Å². The van der Waals surface area contributed by atoms with Gasteiger partial charge in [0.05, 0.1) is 21.3 Å². The molecule has 0 saturated carbocycles. The minimum atomic E-state index is -0.641. The standard InChI is InChI=1S/C17H8Cl3N3O2/c18-8-4-5-9(12(20)6-8)15(24)10(7-21)16-22-13-3-1-2-11(19)14(13)17(25)23-16/h1-6,22H,(H,23,25)/b16-10+. The first kappa shape index (κ1) is 17.3. The van der Waals surface area contributed by atoms with Gasteiger partial charge < -0.3 is 10.6 Å². The van der Waals surface area contributed by atoms with Crippen molar-refractivity contribution in [1.29, 1.82) is 5.26 Å². The molecule has 0 aliphatic carbocycles. The van der Waals surface area contributed by atoms with Crippen molar-refractivity contribution in [1.82, 2.24) is 5.32 Å². The van der Waals surface area contributed by atoms with E-state index in [1.165, 1.54) is 18.2 Å². The van der Waals surface area contributed by atoms with Crippen LogP contribution in [0.3, 0.4) is 0 Å². The van der Waals surface area contributed by atoms with Gasteiger partial charge in [-0.25, -0.2) is 0 Å². The topological polar surface area (TPSA) is 82.0 Å². The lowest BCUT2D eigenvalue weighted by molar-refractivity contribution is 0.0963. The summed E-state index contributed by atoms with van der Waals surface area (Å²) in [6.45, 7) is 0. The maximum Gasteiger partial charge on any atom is 0.260 e. The first-order valence-electron chi connectivity index (χ1n) is 6.93. The third kappa shape index (κ3) is 3.20. The predicted molar refractivity (Wildman–Crippen MR) is 96.0 cm³/mol. The molecule has 0 radical (unpaired) electrons. The molecular weight excluding hydrogens is 385 g/mol. The number of Topliss-reactive ketones (excluding diaryl/α,β-unsaturated/α-hetero) is 1. The molecule has 2 aromatic rings. The van der Waals surface area contributed by atoms with E-state index in [4.69, 9.17) is 34.8 Å². The van der Waals surface area contributed by atoms with Crippen LogP contribution in [0.25, 0.3) is 0 Å². The molecule has 8 heteroatoms. The van der Waals surface area contributed by atoms with Crippen LogP contribution in [-0.4, -0.2) is 11.7 Å². The monoisotopic (exact) mass is 391 g/mol. The van der Waals surface area contributed by atoms with E-state index in [9.17, 15) is 14.9 Å². The maximum atomic E-state index is 12.7. The first-order chi connectivity index (χ1) is 11.9. The Labute approximate surface area is 157 Å². The molecule has 1 heterocycles. The Bertz CT molecular complexity index is 993. The second-order valence-corrected chi connectivity index (χ2v) is 6.31. The highest BCUT2D eigenvalue weighted by Gasteiger charge is 2.27. The summed E-state index contributed by atoms with van der Waals surface area (Å²) in [6, 6.07) is 10.9. The normalized spacial score (nSPS) is 14.7. The van der Waals surface area contributed by atoms with Gasteiger partial charge in [-0.15, -0.1) is 0 Å². The van der Waals surface area contributed by atoms with Crippen molar-refractivity contribution in [3.63, 3.8) is 0 Å². The van der Waals surface area contributed by atoms with E-state index in [1.54, 1.807) is 24.3 Å². The fraction of sp³-hybridized carbons (Fsp3) is 0. The number of hydrogen-bond donors (Lipinski definition) is 2. The minimum absolute atomic E-state index is 0.0294. The molecule has 0 unspecified atom stereocenters. The number of rotatable bonds is 2. The number of carbonyl (C=O) groups is 2. The number of allylic oxidation sites excluding steroid dienone is 1. The van der Waals surface area contributed by atoms with Crippen LogP contribution in [0.2, 0.25) is 15.1 Å². The Kier molecular flexibility index (Phi) is 4.69. The average Bonchev–Trinajstić information content (AvgIpc) is 2.55. The van der Waals surface area contributed by atoms with E-state index in [2.05, 4.69) is 10.6 Å². The van der Waals surface area contributed by atoms with Crippen molar-refractivity contribution in [2.24, 2.45) is 0 Å². The lowest BCUT2D eigenvalue weighted by Gasteiger charge is -2.22. The highest BCUT2D eigenvalue weighted by atomic mass is 35.5. The summed E-state index contributed by atoms with van der Waals surface area (Å²) >= 11 is 17.9. The SMILES string of the molecule is N#C/C(C(=O)c1ccc(Cl)cc1Cl)=C1\NC(=O)c2c(Cl)cccc2N1. The molecule has 0 bridgehead atoms. The maximum absolute atomic E-state index is 12.7. The molecule has 0 spiro atoms. The van der Waals surface area contributed by atoms with Crippen LogP contribution >= 0.6 is 34.8 Å². The summed E-state index contributed by atoms with van der Waals surface area (Å²) < 4.78 is 0. The summed E-state index contributed by atoms with van der Waals surface area (Å²) in [4.78, 5) is 24.9. The highest BCUT2D eigenvalue weighted by Crippen LogP contribution is 2.30. The van der Waals surface area contributed by atoms with Crippen molar-refractivity contribution >= 4 is 52.2 Å². The molecule has 2 aromatic carbocycles. The van der Waals surface area contributed by atoms with Gasteiger partial charge in [0.25, 0.3) is 5.91 Å². The van der Waals surface area contributed by atoms with E-state index >= 15 is 0 Å². The number of ketones is 1. The van der Waals surface area contributed by atoms with Gasteiger partial charge in [0.1, 0.15) is 17.5 Å². The molecule has 1 aliphatic heterocycles. The molecule has 2 N–H and O–H groups in total. The quantitative estimate of drug-likeness (QED) is 0.450. The van der Waals surface area contributed by atoms with Gasteiger partial charge >= 0.3 is 0 Å². The Morgan fingerprint density at radius 2 is 1.80 bits per heavy atom. The second-order valence-electron chi connectivity index (χ2n) is 5.06. The van der Waals surface area contributed by atoms with Crippen LogP contribution in [0.5, 0.6) is 0 Å². The fourth-order valence-corrected chi connectivity index (χ4v) is 3.11. The van der Waals surface area contributed by atoms with Crippen LogP contribution < -0.4 is 10.6 Å². The number of anilines is 1. The zero-order valence-corrected chi connectivity index (χ0v) is 14.6. The summed E-state index contributed by atoms with van der Waals surface area (Å²) in [6.07, 6.45) is 0. The Balaban J connectivity index is 2.07. The molecule has 5 nitrogen and oxygen atoms in total. The van der Waals surface area contributed by atoms with Crippen LogP contribution in [0, 0.1) is 11.3 Å². The van der Waals surface area contributed by atoms with Crippen LogP contribution in [0.1, 0.15) is 20.7 Å². The van der Waals surface area contributed by atoms with Crippen LogP contribution in [0.15, 0.2) is 47.8 Å². The molecule has 0 saturated heterocycles. The summed E-state index contributed by atoms with van der Waals surface area (Å²) in [5.41, 5.74) is 0.447. The number of benzene rings is 2. The molecule has 124 valence electrons. The summed E-state index contributed by atoms with van der Waals surface area (Å²) in [7, 11) is 0. The van der Waals surface area contributed by atoms with Crippen molar-refractivity contribution in [3.8, 4) is 6.07 Å². The van der Waals surface area contributed by atoms with Crippen LogP contribution in [0.4, 0.5) is 5.69 Å². The number of carbonyl (C=O) groups excluding carboxylic acids is 2. The predicted octanol–water partition coefficient (Wildman–Crippen LogP) is 4.42. The van der Waals surface area contributed by atoms with Gasteiger partial charge in [-0.1, -0.05) is 40.9 Å². The molecule has 3 rings (SSSR count). The first-order valence-corrected chi connectivity index (χ1v) is 8.06. The summed E-state index contributed by atoms with van der Waals surface area (Å²) in [5.74, 6) is -1.19. The fourth-order valence-electron chi connectivity index (χ4n) is 2.35. The number of nitriles is 1. The average molecular weight is 393 g/mol. The van der Waals surface area contributed by atoms with Crippen molar-refractivity contribution in [2.75, 3.05) is 5.32 Å². The van der Waals surface area contributed by atoms with Gasteiger partial charge in [0.2, 0.25) is 5.78 Å². The van der Waals surface area contributed by atoms with E-state index in [-0.39, 0.29) is 32.6 Å². The number of hydrogen-bond acceptors (Lipinski definition) is 4. The zero-order valence-electron chi connectivity index (χ0n) is 12.4. The van der Waals surface area contributed by atoms with Gasteiger partial charge in [0.15, 0.2) is 0 Å². The highest BCUT2D eigenvalue weighted by molar-refractivity contribution is 6.38. The molecule has 0 fully saturated rings. The molecule has 0 aromatic heterocycles. The van der Waals surface area contributed by atoms with Crippen molar-refractivity contribution in [2.45, 2.75) is 0 Å². The molecule has 1 amide bonds. The third-order valence-corrected chi connectivity index (χ3v) is 4.37. The van der Waals surface area contributed by atoms with Gasteiger partial charge in [-0.2, -0.15) is 5.26 Å². The Morgan fingerprint density at radius 1 is 1.04 bits per heavy atom. The largest absolute Gasteiger partial charge is 0.340 e. The van der Waals surface area contributed by atoms with E-state index in [1.807, 2.05) is 0 Å². The summed E-state index contributed by atoms with van der Waals surface area (Å²) in [5, 5.41) is 15.5. The Hall–Kier alpha value is -2.52. The van der Waals surface area contributed by atoms with Gasteiger partial charge in [-0.3, -0.25) is 9.59 Å². The van der Waals surface area contributed by atoms with E-state index < -0.39 is 11.7 Å². The number of amides is 1. The smallest absolute Gasteiger partial charge is 0.260 e. The lowest BCUT2D eigenvalue weighted by atomic mass is 10.0. The van der Waals surface area contributed by atoms with E-state index in [0.717, 1.165) is 0 Å². The van der Waals surface area contributed by atoms with Crippen molar-refractivity contribution in [3.05, 3.63) is 74.0 Å². The third-order valence-electron chi connectivity index (χ3n) is 3.50. The molecule has 0 atom stereocenters.